The standard InChI is InChI=1S/C11H16N6O2/c1-16-7-8(6-13-16)10-9(11(18)19-2)14-15-17(10)5-3-4-12/h6-7H,3-5,12H2,1-2H3. The summed E-state index contributed by atoms with van der Waals surface area (Å²) in [5, 5.41) is 12.0. The SMILES string of the molecule is COC(=O)c1nnn(CCCN)c1-c1cnn(C)c1. The fourth-order valence-electron chi connectivity index (χ4n) is 1.77. The highest BCUT2D eigenvalue weighted by Crippen LogP contribution is 2.22. The first-order valence-corrected chi connectivity index (χ1v) is 5.88. The predicted octanol–water partition coefficient (Wildman–Crippen LogP) is -0.186. The molecule has 0 saturated heterocycles. The molecular weight excluding hydrogens is 248 g/mol. The second kappa shape index (κ2) is 5.61. The van der Waals surface area contributed by atoms with Gasteiger partial charge in [0.25, 0.3) is 0 Å². The molecule has 8 heteroatoms. The predicted molar refractivity (Wildman–Crippen MR) is 67.2 cm³/mol. The maximum atomic E-state index is 11.7. The van der Waals surface area contributed by atoms with Gasteiger partial charge in [0, 0.05) is 25.4 Å². The maximum Gasteiger partial charge on any atom is 0.360 e. The second-order valence-corrected chi connectivity index (χ2v) is 4.05. The molecular formula is C11H16N6O2. The number of nitrogens with two attached hydrogens (primary N) is 1. The van der Waals surface area contributed by atoms with Crippen molar-refractivity contribution in [3.05, 3.63) is 18.1 Å². The van der Waals surface area contributed by atoms with E-state index >= 15 is 0 Å². The molecule has 0 aliphatic rings. The Kier molecular flexibility index (Phi) is 3.91. The first kappa shape index (κ1) is 13.2. The van der Waals surface area contributed by atoms with E-state index < -0.39 is 5.97 Å². The van der Waals surface area contributed by atoms with Gasteiger partial charge in [-0.15, -0.1) is 5.10 Å². The molecule has 0 aliphatic carbocycles. The quantitative estimate of drug-likeness (QED) is 0.751. The molecule has 2 rings (SSSR count). The summed E-state index contributed by atoms with van der Waals surface area (Å²) < 4.78 is 8.01. The summed E-state index contributed by atoms with van der Waals surface area (Å²) in [6, 6.07) is 0. The molecule has 0 saturated carbocycles. The number of aromatic nitrogens is 5. The van der Waals surface area contributed by atoms with Crippen LogP contribution in [0.4, 0.5) is 0 Å². The molecule has 0 aliphatic heterocycles. The largest absolute Gasteiger partial charge is 0.464 e. The molecule has 0 aromatic carbocycles. The molecule has 19 heavy (non-hydrogen) atoms. The topological polar surface area (TPSA) is 101 Å². The lowest BCUT2D eigenvalue weighted by Crippen LogP contribution is -2.09. The van der Waals surface area contributed by atoms with Crippen molar-refractivity contribution in [2.24, 2.45) is 12.8 Å². The Labute approximate surface area is 110 Å². The van der Waals surface area contributed by atoms with E-state index in [4.69, 9.17) is 10.5 Å². The maximum absolute atomic E-state index is 11.7. The summed E-state index contributed by atoms with van der Waals surface area (Å²) in [6.07, 6.45) is 4.20. The van der Waals surface area contributed by atoms with Crippen molar-refractivity contribution in [1.29, 1.82) is 0 Å². The molecule has 0 spiro atoms. The van der Waals surface area contributed by atoms with Gasteiger partial charge >= 0.3 is 5.97 Å². The van der Waals surface area contributed by atoms with Gasteiger partial charge in [0.1, 0.15) is 5.69 Å². The van der Waals surface area contributed by atoms with Crippen molar-refractivity contribution in [3.63, 3.8) is 0 Å². The van der Waals surface area contributed by atoms with Crippen LogP contribution in [-0.4, -0.2) is 44.4 Å². The molecule has 8 nitrogen and oxygen atoms in total. The van der Waals surface area contributed by atoms with Gasteiger partial charge in [0.05, 0.1) is 13.3 Å². The van der Waals surface area contributed by atoms with E-state index in [2.05, 4.69) is 15.4 Å². The number of methoxy groups -OCH3 is 1. The molecule has 0 bridgehead atoms. The zero-order chi connectivity index (χ0) is 13.8. The van der Waals surface area contributed by atoms with E-state index in [1.54, 1.807) is 28.8 Å². The Morgan fingerprint density at radius 1 is 1.53 bits per heavy atom. The minimum Gasteiger partial charge on any atom is -0.464 e. The minimum absolute atomic E-state index is 0.188. The number of nitrogens with zero attached hydrogens (tertiary/aromatic N) is 5. The fraction of sp³-hybridized carbons (Fsp3) is 0.455. The van der Waals surface area contributed by atoms with Gasteiger partial charge in [-0.1, -0.05) is 5.21 Å². The first-order chi connectivity index (χ1) is 9.17. The molecule has 0 amide bonds. The van der Waals surface area contributed by atoms with Crippen LogP contribution in [0.2, 0.25) is 0 Å². The average molecular weight is 264 g/mol. The number of hydrogen-bond donors (Lipinski definition) is 1. The average Bonchev–Trinajstić information content (AvgIpc) is 3.01. The zero-order valence-electron chi connectivity index (χ0n) is 10.9. The van der Waals surface area contributed by atoms with Crippen molar-refractivity contribution in [2.75, 3.05) is 13.7 Å². The smallest absolute Gasteiger partial charge is 0.360 e. The van der Waals surface area contributed by atoms with Crippen LogP contribution < -0.4 is 5.73 Å². The molecule has 2 heterocycles. The molecule has 0 fully saturated rings. The summed E-state index contributed by atoms with van der Waals surface area (Å²) in [5.74, 6) is -0.516. The van der Waals surface area contributed by atoms with Crippen LogP contribution in [-0.2, 0) is 18.3 Å². The van der Waals surface area contributed by atoms with E-state index in [1.165, 1.54) is 7.11 Å². The van der Waals surface area contributed by atoms with Gasteiger partial charge in [-0.25, -0.2) is 9.48 Å². The third-order valence-corrected chi connectivity index (χ3v) is 2.67. The van der Waals surface area contributed by atoms with Gasteiger partial charge in [0.15, 0.2) is 5.69 Å². The van der Waals surface area contributed by atoms with Crippen molar-refractivity contribution >= 4 is 5.97 Å². The molecule has 2 N–H and O–H groups in total. The molecule has 2 aromatic rings. The van der Waals surface area contributed by atoms with E-state index in [1.807, 2.05) is 0 Å². The number of hydrogen-bond acceptors (Lipinski definition) is 6. The highest BCUT2D eigenvalue weighted by molar-refractivity contribution is 5.93. The van der Waals surface area contributed by atoms with Crippen molar-refractivity contribution < 1.29 is 9.53 Å². The number of carbonyl (C=O) groups is 1. The monoisotopic (exact) mass is 264 g/mol. The van der Waals surface area contributed by atoms with Crippen LogP contribution in [0.3, 0.4) is 0 Å². The van der Waals surface area contributed by atoms with E-state index in [9.17, 15) is 4.79 Å². The Balaban J connectivity index is 2.46. The fourth-order valence-corrected chi connectivity index (χ4v) is 1.77. The highest BCUT2D eigenvalue weighted by atomic mass is 16.5. The Morgan fingerprint density at radius 3 is 2.89 bits per heavy atom. The van der Waals surface area contributed by atoms with Gasteiger partial charge in [-0.2, -0.15) is 5.10 Å². The normalized spacial score (nSPS) is 10.7. The van der Waals surface area contributed by atoms with E-state index in [-0.39, 0.29) is 5.69 Å². The molecule has 102 valence electrons. The molecule has 0 radical (unpaired) electrons. The summed E-state index contributed by atoms with van der Waals surface area (Å²) in [5.41, 5.74) is 7.05. The van der Waals surface area contributed by atoms with Gasteiger partial charge in [0.2, 0.25) is 0 Å². The lowest BCUT2D eigenvalue weighted by molar-refractivity contribution is 0.0595. The zero-order valence-corrected chi connectivity index (χ0v) is 10.9. The third-order valence-electron chi connectivity index (χ3n) is 2.67. The number of rotatable bonds is 5. The van der Waals surface area contributed by atoms with Crippen molar-refractivity contribution in [2.45, 2.75) is 13.0 Å². The Hall–Kier alpha value is -2.22. The summed E-state index contributed by atoms with van der Waals surface area (Å²) >= 11 is 0. The second-order valence-electron chi connectivity index (χ2n) is 4.05. The van der Waals surface area contributed by atoms with Crippen LogP contribution in [0.15, 0.2) is 12.4 Å². The summed E-state index contributed by atoms with van der Waals surface area (Å²) in [7, 11) is 3.11. The number of esters is 1. The Bertz CT molecular complexity index is 574. The van der Waals surface area contributed by atoms with E-state index in [0.29, 0.717) is 18.8 Å². The van der Waals surface area contributed by atoms with Crippen LogP contribution in [0.25, 0.3) is 11.3 Å². The highest BCUT2D eigenvalue weighted by Gasteiger charge is 2.22. The van der Waals surface area contributed by atoms with Gasteiger partial charge in [-0.05, 0) is 13.0 Å². The van der Waals surface area contributed by atoms with Crippen molar-refractivity contribution in [1.82, 2.24) is 24.8 Å². The molecule has 0 atom stereocenters. The van der Waals surface area contributed by atoms with Crippen LogP contribution in [0.1, 0.15) is 16.9 Å². The van der Waals surface area contributed by atoms with Gasteiger partial charge < -0.3 is 10.5 Å². The number of ether oxygens (including phenoxy) is 1. The lowest BCUT2D eigenvalue weighted by Gasteiger charge is -2.04. The van der Waals surface area contributed by atoms with Gasteiger partial charge in [-0.3, -0.25) is 4.68 Å². The Morgan fingerprint density at radius 2 is 2.32 bits per heavy atom. The van der Waals surface area contributed by atoms with Crippen LogP contribution in [0.5, 0.6) is 0 Å². The third kappa shape index (κ3) is 2.63. The summed E-state index contributed by atoms with van der Waals surface area (Å²) in [6.45, 7) is 1.13. The lowest BCUT2D eigenvalue weighted by atomic mass is 10.2. The summed E-state index contributed by atoms with van der Waals surface area (Å²) in [4.78, 5) is 11.7. The number of aryl methyl sites for hydroxylation is 2. The van der Waals surface area contributed by atoms with Crippen molar-refractivity contribution in [3.8, 4) is 11.3 Å². The molecule has 0 unspecified atom stereocenters. The first-order valence-electron chi connectivity index (χ1n) is 5.88. The van der Waals surface area contributed by atoms with Crippen LogP contribution in [0, 0.1) is 0 Å². The van der Waals surface area contributed by atoms with Crippen LogP contribution >= 0.6 is 0 Å². The van der Waals surface area contributed by atoms with E-state index in [0.717, 1.165) is 12.0 Å². The number of carbonyl (C=O) groups excluding carboxylic acids is 1. The molecule has 2 aromatic heterocycles. The minimum atomic E-state index is -0.516.